The van der Waals surface area contributed by atoms with Crippen LogP contribution in [0.25, 0.3) is 11.1 Å². The molecule has 0 spiro atoms. The normalized spacial score (nSPS) is 11.1. The molecule has 0 heterocycles. The summed E-state index contributed by atoms with van der Waals surface area (Å²) in [6, 6.07) is 7.13. The van der Waals surface area contributed by atoms with E-state index >= 15 is 0 Å². The highest BCUT2D eigenvalue weighted by atomic mass is 35.5. The van der Waals surface area contributed by atoms with Crippen molar-refractivity contribution in [3.63, 3.8) is 0 Å². The fourth-order valence-electron chi connectivity index (χ4n) is 1.62. The van der Waals surface area contributed by atoms with E-state index in [0.29, 0.717) is 16.7 Å². The topological polar surface area (TPSA) is 52.8 Å². The lowest BCUT2D eigenvalue weighted by molar-refractivity contribution is 0.322. The van der Waals surface area contributed by atoms with Crippen LogP contribution in [0.2, 0.25) is 10.0 Å². The zero-order chi connectivity index (χ0) is 14.0. The summed E-state index contributed by atoms with van der Waals surface area (Å²) in [6.07, 6.45) is 1.15. The second kappa shape index (κ2) is 5.47. The summed E-state index contributed by atoms with van der Waals surface area (Å²) in [4.78, 5) is 0. The first-order valence-corrected chi connectivity index (χ1v) is 5.94. The van der Waals surface area contributed by atoms with Crippen LogP contribution < -0.4 is 0 Å². The highest BCUT2D eigenvalue weighted by Gasteiger charge is 2.12. The maximum atomic E-state index is 13.3. The van der Waals surface area contributed by atoms with E-state index in [2.05, 4.69) is 5.16 Å². The molecule has 2 N–H and O–H groups in total. The van der Waals surface area contributed by atoms with Crippen molar-refractivity contribution in [2.24, 2.45) is 5.16 Å². The van der Waals surface area contributed by atoms with Gasteiger partial charge in [0.2, 0.25) is 0 Å². The molecule has 98 valence electrons. The first-order valence-electron chi connectivity index (χ1n) is 5.19. The first-order chi connectivity index (χ1) is 9.04. The Morgan fingerprint density at radius 3 is 2.47 bits per heavy atom. The van der Waals surface area contributed by atoms with Crippen molar-refractivity contribution < 1.29 is 14.7 Å². The van der Waals surface area contributed by atoms with E-state index in [9.17, 15) is 4.39 Å². The molecule has 2 aromatic rings. The van der Waals surface area contributed by atoms with E-state index in [1.165, 1.54) is 12.1 Å². The molecule has 19 heavy (non-hydrogen) atoms. The van der Waals surface area contributed by atoms with Crippen molar-refractivity contribution in [1.29, 1.82) is 0 Å². The molecule has 0 fully saturated rings. The predicted molar refractivity (Wildman–Crippen MR) is 72.9 cm³/mol. The van der Waals surface area contributed by atoms with E-state index in [0.717, 1.165) is 12.3 Å². The van der Waals surface area contributed by atoms with Crippen LogP contribution in [-0.2, 0) is 0 Å². The Kier molecular flexibility index (Phi) is 3.93. The lowest BCUT2D eigenvalue weighted by Crippen LogP contribution is -1.88. The van der Waals surface area contributed by atoms with Gasteiger partial charge in [-0.2, -0.15) is 0 Å². The van der Waals surface area contributed by atoms with Gasteiger partial charge in [0.25, 0.3) is 0 Å². The quantitative estimate of drug-likeness (QED) is 0.493. The fourth-order valence-corrected chi connectivity index (χ4v) is 2.12. The average molecular weight is 300 g/mol. The van der Waals surface area contributed by atoms with Crippen molar-refractivity contribution in [2.75, 3.05) is 0 Å². The number of phenols is 1. The van der Waals surface area contributed by atoms with Crippen LogP contribution in [-0.4, -0.2) is 16.5 Å². The third-order valence-electron chi connectivity index (χ3n) is 2.57. The van der Waals surface area contributed by atoms with Crippen molar-refractivity contribution in [3.8, 4) is 16.9 Å². The van der Waals surface area contributed by atoms with Gasteiger partial charge in [0.05, 0.1) is 16.3 Å². The van der Waals surface area contributed by atoms with Crippen LogP contribution in [0.1, 0.15) is 5.56 Å². The maximum absolute atomic E-state index is 13.3. The summed E-state index contributed by atoms with van der Waals surface area (Å²) >= 11 is 12.1. The molecule has 0 saturated carbocycles. The summed E-state index contributed by atoms with van der Waals surface area (Å²) in [7, 11) is 0. The first kappa shape index (κ1) is 13.6. The molecule has 0 atom stereocenters. The molecule has 0 aliphatic rings. The number of hydrogen-bond donors (Lipinski definition) is 2. The fraction of sp³-hybridized carbons (Fsp3) is 0. The van der Waals surface area contributed by atoms with Gasteiger partial charge in [-0.15, -0.1) is 0 Å². The number of hydrogen-bond acceptors (Lipinski definition) is 3. The van der Waals surface area contributed by atoms with Crippen LogP contribution in [0, 0.1) is 5.82 Å². The number of halogens is 3. The molecule has 6 heteroatoms. The van der Waals surface area contributed by atoms with Gasteiger partial charge in [0.1, 0.15) is 0 Å². The highest BCUT2D eigenvalue weighted by molar-refractivity contribution is 6.45. The van der Waals surface area contributed by atoms with E-state index in [-0.39, 0.29) is 10.0 Å². The summed E-state index contributed by atoms with van der Waals surface area (Å²) in [5.41, 5.74) is 1.44. The molecule has 0 saturated heterocycles. The molecule has 0 bridgehead atoms. The number of aromatic hydroxyl groups is 1. The summed E-state index contributed by atoms with van der Waals surface area (Å²) in [6.45, 7) is 0. The molecule has 0 aliphatic heterocycles. The van der Waals surface area contributed by atoms with E-state index in [1.807, 2.05) is 0 Å². The molecule has 0 unspecified atom stereocenters. The monoisotopic (exact) mass is 299 g/mol. The lowest BCUT2D eigenvalue weighted by Gasteiger charge is -2.08. The molecule has 0 radical (unpaired) electrons. The lowest BCUT2D eigenvalue weighted by atomic mass is 10.0. The molecule has 2 rings (SSSR count). The molecular weight excluding hydrogens is 292 g/mol. The average Bonchev–Trinajstić information content (AvgIpc) is 2.39. The second-order valence-corrected chi connectivity index (χ2v) is 4.50. The van der Waals surface area contributed by atoms with Crippen LogP contribution in [0.3, 0.4) is 0 Å². The zero-order valence-electron chi connectivity index (χ0n) is 9.44. The Balaban J connectivity index is 2.57. The van der Waals surface area contributed by atoms with Crippen molar-refractivity contribution in [3.05, 3.63) is 51.8 Å². The number of nitrogens with zero attached hydrogens (tertiary/aromatic N) is 1. The molecule has 2 aromatic carbocycles. The summed E-state index contributed by atoms with van der Waals surface area (Å²) in [5, 5.41) is 20.9. The summed E-state index contributed by atoms with van der Waals surface area (Å²) in [5.74, 6) is -1.18. The SMILES string of the molecule is O/N=C/c1ccc(-c2ccc(O)c(F)c2)c(Cl)c1Cl. The second-order valence-electron chi connectivity index (χ2n) is 3.74. The Morgan fingerprint density at radius 1 is 1.11 bits per heavy atom. The van der Waals surface area contributed by atoms with Gasteiger partial charge >= 0.3 is 0 Å². The van der Waals surface area contributed by atoms with Crippen molar-refractivity contribution in [1.82, 2.24) is 0 Å². The van der Waals surface area contributed by atoms with Gasteiger partial charge in [0, 0.05) is 11.1 Å². The molecule has 0 amide bonds. The standard InChI is InChI=1S/C13H8Cl2FNO2/c14-12-8(6-17-19)1-3-9(13(12)15)7-2-4-11(18)10(16)5-7/h1-6,18-19H/b17-6+. The van der Waals surface area contributed by atoms with Crippen LogP contribution in [0.5, 0.6) is 5.75 Å². The highest BCUT2D eigenvalue weighted by Crippen LogP contribution is 2.36. The van der Waals surface area contributed by atoms with E-state index < -0.39 is 11.6 Å². The number of phenolic OH excluding ortho intramolecular Hbond substituents is 1. The van der Waals surface area contributed by atoms with Crippen LogP contribution in [0.4, 0.5) is 4.39 Å². The van der Waals surface area contributed by atoms with Crippen LogP contribution in [0.15, 0.2) is 35.5 Å². The Bertz CT molecular complexity index is 659. The summed E-state index contributed by atoms with van der Waals surface area (Å²) < 4.78 is 13.3. The van der Waals surface area contributed by atoms with E-state index in [1.54, 1.807) is 12.1 Å². The predicted octanol–water partition coefficient (Wildman–Crippen LogP) is 4.31. The molecule has 0 aliphatic carbocycles. The minimum absolute atomic E-state index is 0.199. The van der Waals surface area contributed by atoms with Crippen molar-refractivity contribution in [2.45, 2.75) is 0 Å². The smallest absolute Gasteiger partial charge is 0.165 e. The third kappa shape index (κ3) is 2.64. The Hall–Kier alpha value is -1.78. The van der Waals surface area contributed by atoms with Gasteiger partial charge < -0.3 is 10.3 Å². The van der Waals surface area contributed by atoms with Gasteiger partial charge in [0.15, 0.2) is 11.6 Å². The molecule has 3 nitrogen and oxygen atoms in total. The van der Waals surface area contributed by atoms with Gasteiger partial charge in [-0.1, -0.05) is 46.6 Å². The number of rotatable bonds is 2. The minimum atomic E-state index is -0.745. The minimum Gasteiger partial charge on any atom is -0.505 e. The van der Waals surface area contributed by atoms with Crippen LogP contribution >= 0.6 is 23.2 Å². The number of benzene rings is 2. The van der Waals surface area contributed by atoms with E-state index in [4.69, 9.17) is 33.5 Å². The zero-order valence-corrected chi connectivity index (χ0v) is 11.0. The van der Waals surface area contributed by atoms with Crippen molar-refractivity contribution >= 4 is 29.4 Å². The third-order valence-corrected chi connectivity index (χ3v) is 3.46. The van der Waals surface area contributed by atoms with Gasteiger partial charge in [-0.05, 0) is 17.7 Å². The largest absolute Gasteiger partial charge is 0.505 e. The Labute approximate surface area is 118 Å². The Morgan fingerprint density at radius 2 is 1.84 bits per heavy atom. The maximum Gasteiger partial charge on any atom is 0.165 e. The van der Waals surface area contributed by atoms with Gasteiger partial charge in [-0.3, -0.25) is 0 Å². The van der Waals surface area contributed by atoms with Gasteiger partial charge in [-0.25, -0.2) is 4.39 Å². The molecule has 0 aromatic heterocycles. The number of oxime groups is 1. The molecular formula is C13H8Cl2FNO2.